The molecular formula is C18H24N2O5. The zero-order valence-corrected chi connectivity index (χ0v) is 14.7. The molecule has 1 atom stereocenters. The Labute approximate surface area is 147 Å². The Morgan fingerprint density at radius 3 is 2.76 bits per heavy atom. The number of hydrogen-bond acceptors (Lipinski definition) is 5. The molecule has 1 aromatic carbocycles. The third-order valence-electron chi connectivity index (χ3n) is 4.59. The lowest BCUT2D eigenvalue weighted by Crippen LogP contribution is -2.40. The van der Waals surface area contributed by atoms with Gasteiger partial charge in [0.05, 0.1) is 26.4 Å². The van der Waals surface area contributed by atoms with E-state index in [-0.39, 0.29) is 18.5 Å². The van der Waals surface area contributed by atoms with Gasteiger partial charge in [-0.2, -0.15) is 0 Å². The van der Waals surface area contributed by atoms with Gasteiger partial charge in [-0.1, -0.05) is 6.07 Å². The van der Waals surface area contributed by atoms with Crippen molar-refractivity contribution in [2.75, 3.05) is 40.5 Å². The predicted octanol–water partition coefficient (Wildman–Crippen LogP) is 2.21. The SMILES string of the molecule is COC(=O)N(C)CC(=O)N1CCC[C@H]1c1ccc2c(c1)OCCCO2. The number of nitrogens with zero attached hydrogens (tertiary/aromatic N) is 2. The van der Waals surface area contributed by atoms with Crippen molar-refractivity contribution in [3.63, 3.8) is 0 Å². The molecule has 0 spiro atoms. The average Bonchev–Trinajstić information content (AvgIpc) is 2.99. The molecular weight excluding hydrogens is 324 g/mol. The van der Waals surface area contributed by atoms with Crippen molar-refractivity contribution in [3.05, 3.63) is 23.8 Å². The monoisotopic (exact) mass is 348 g/mol. The largest absolute Gasteiger partial charge is 0.490 e. The normalized spacial score (nSPS) is 19.3. The van der Waals surface area contributed by atoms with Crippen LogP contribution in [-0.4, -0.2) is 62.3 Å². The number of methoxy groups -OCH3 is 1. The molecule has 0 N–H and O–H groups in total. The van der Waals surface area contributed by atoms with Gasteiger partial charge in [0.1, 0.15) is 6.54 Å². The fraction of sp³-hybridized carbons (Fsp3) is 0.556. The first-order valence-electron chi connectivity index (χ1n) is 8.58. The summed E-state index contributed by atoms with van der Waals surface area (Å²) in [6, 6.07) is 5.88. The van der Waals surface area contributed by atoms with Crippen molar-refractivity contribution in [3.8, 4) is 11.5 Å². The fourth-order valence-corrected chi connectivity index (χ4v) is 3.31. The van der Waals surface area contributed by atoms with Crippen molar-refractivity contribution >= 4 is 12.0 Å². The van der Waals surface area contributed by atoms with E-state index in [9.17, 15) is 9.59 Å². The van der Waals surface area contributed by atoms with Gasteiger partial charge in [-0.05, 0) is 30.5 Å². The molecule has 1 aromatic rings. The summed E-state index contributed by atoms with van der Waals surface area (Å²) >= 11 is 0. The molecule has 2 aliphatic rings. The number of rotatable bonds is 3. The van der Waals surface area contributed by atoms with Crippen LogP contribution in [0.15, 0.2) is 18.2 Å². The Morgan fingerprint density at radius 1 is 1.24 bits per heavy atom. The summed E-state index contributed by atoms with van der Waals surface area (Å²) in [6.45, 7) is 1.98. The number of hydrogen-bond donors (Lipinski definition) is 0. The highest BCUT2D eigenvalue weighted by Crippen LogP contribution is 2.37. The van der Waals surface area contributed by atoms with Crippen LogP contribution in [0.3, 0.4) is 0 Å². The molecule has 2 heterocycles. The highest BCUT2D eigenvalue weighted by molar-refractivity contribution is 5.82. The first-order valence-corrected chi connectivity index (χ1v) is 8.58. The van der Waals surface area contributed by atoms with Crippen LogP contribution in [0, 0.1) is 0 Å². The van der Waals surface area contributed by atoms with Crippen molar-refractivity contribution in [1.29, 1.82) is 0 Å². The standard InChI is InChI=1S/C18H24N2O5/c1-19(18(22)23-2)12-17(21)20-8-3-5-14(20)13-6-7-15-16(11-13)25-10-4-9-24-15/h6-7,11,14H,3-5,8-10,12H2,1-2H3/t14-/m0/s1. The van der Waals surface area contributed by atoms with E-state index in [0.29, 0.717) is 19.8 Å². The molecule has 0 unspecified atom stereocenters. The molecule has 2 aliphatic heterocycles. The number of benzene rings is 1. The lowest BCUT2D eigenvalue weighted by Gasteiger charge is -2.27. The summed E-state index contributed by atoms with van der Waals surface area (Å²) < 4.78 is 16.1. The third-order valence-corrected chi connectivity index (χ3v) is 4.59. The van der Waals surface area contributed by atoms with E-state index in [1.807, 2.05) is 23.1 Å². The van der Waals surface area contributed by atoms with Gasteiger partial charge in [0.25, 0.3) is 0 Å². The number of carbonyl (C=O) groups is 2. The van der Waals surface area contributed by atoms with Gasteiger partial charge in [0.2, 0.25) is 5.91 Å². The van der Waals surface area contributed by atoms with Gasteiger partial charge in [-0.25, -0.2) is 4.79 Å². The summed E-state index contributed by atoms with van der Waals surface area (Å²) in [4.78, 5) is 27.2. The molecule has 25 heavy (non-hydrogen) atoms. The van der Waals surface area contributed by atoms with Gasteiger partial charge in [-0.3, -0.25) is 4.79 Å². The minimum absolute atomic E-state index is 0.00398. The third kappa shape index (κ3) is 3.81. The Balaban J connectivity index is 1.74. The van der Waals surface area contributed by atoms with Crippen molar-refractivity contribution in [2.24, 2.45) is 0 Å². The number of likely N-dealkylation sites (tertiary alicyclic amines) is 1. The quantitative estimate of drug-likeness (QED) is 0.838. The van der Waals surface area contributed by atoms with Gasteiger partial charge in [0.15, 0.2) is 11.5 Å². The molecule has 7 nitrogen and oxygen atoms in total. The maximum atomic E-state index is 12.6. The molecule has 0 aromatic heterocycles. The van der Waals surface area contributed by atoms with Gasteiger partial charge >= 0.3 is 6.09 Å². The van der Waals surface area contributed by atoms with Crippen LogP contribution in [0.25, 0.3) is 0 Å². The van der Waals surface area contributed by atoms with Gasteiger partial charge in [-0.15, -0.1) is 0 Å². The predicted molar refractivity (Wildman–Crippen MR) is 90.8 cm³/mol. The van der Waals surface area contributed by atoms with Crippen LogP contribution in [0.1, 0.15) is 30.9 Å². The van der Waals surface area contributed by atoms with E-state index in [1.54, 1.807) is 7.05 Å². The van der Waals surface area contributed by atoms with E-state index in [1.165, 1.54) is 12.0 Å². The zero-order chi connectivity index (χ0) is 17.8. The Hall–Kier alpha value is -2.44. The van der Waals surface area contributed by atoms with E-state index in [2.05, 4.69) is 4.74 Å². The lowest BCUT2D eigenvalue weighted by atomic mass is 10.0. The van der Waals surface area contributed by atoms with E-state index in [0.717, 1.165) is 36.3 Å². The fourth-order valence-electron chi connectivity index (χ4n) is 3.31. The van der Waals surface area contributed by atoms with E-state index >= 15 is 0 Å². The minimum Gasteiger partial charge on any atom is -0.490 e. The maximum Gasteiger partial charge on any atom is 0.409 e. The number of amides is 2. The molecule has 0 radical (unpaired) electrons. The van der Waals surface area contributed by atoms with Crippen molar-refractivity contribution in [2.45, 2.75) is 25.3 Å². The average molecular weight is 348 g/mol. The zero-order valence-electron chi connectivity index (χ0n) is 14.7. The number of fused-ring (bicyclic) bond motifs is 1. The molecule has 0 saturated carbocycles. The maximum absolute atomic E-state index is 12.6. The van der Waals surface area contributed by atoms with E-state index in [4.69, 9.17) is 9.47 Å². The lowest BCUT2D eigenvalue weighted by molar-refractivity contribution is -0.132. The van der Waals surface area contributed by atoms with Gasteiger partial charge < -0.3 is 24.0 Å². The first-order chi connectivity index (χ1) is 12.1. The molecule has 3 rings (SSSR count). The van der Waals surface area contributed by atoms with Crippen molar-refractivity contribution in [1.82, 2.24) is 9.80 Å². The number of carbonyl (C=O) groups excluding carboxylic acids is 2. The summed E-state index contributed by atoms with van der Waals surface area (Å²) in [6.07, 6.45) is 2.18. The topological polar surface area (TPSA) is 68.3 Å². The highest BCUT2D eigenvalue weighted by Gasteiger charge is 2.31. The summed E-state index contributed by atoms with van der Waals surface area (Å²) in [5, 5.41) is 0. The van der Waals surface area contributed by atoms with Crippen LogP contribution in [0.5, 0.6) is 11.5 Å². The summed E-state index contributed by atoms with van der Waals surface area (Å²) in [5.41, 5.74) is 1.04. The van der Waals surface area contributed by atoms with Crippen molar-refractivity contribution < 1.29 is 23.8 Å². The number of likely N-dealkylation sites (N-methyl/N-ethyl adjacent to an activating group) is 1. The Bertz CT molecular complexity index is 648. The molecule has 1 saturated heterocycles. The van der Waals surface area contributed by atoms with Crippen LogP contribution in [-0.2, 0) is 9.53 Å². The van der Waals surface area contributed by atoms with Crippen LogP contribution >= 0.6 is 0 Å². The molecule has 7 heteroatoms. The van der Waals surface area contributed by atoms with Crippen LogP contribution in [0.2, 0.25) is 0 Å². The van der Waals surface area contributed by atoms with E-state index < -0.39 is 6.09 Å². The molecule has 2 amide bonds. The molecule has 0 bridgehead atoms. The second-order valence-electron chi connectivity index (χ2n) is 6.33. The Kier molecular flexibility index (Phi) is 5.31. The smallest absolute Gasteiger partial charge is 0.409 e. The second-order valence-corrected chi connectivity index (χ2v) is 6.33. The molecule has 0 aliphatic carbocycles. The summed E-state index contributed by atoms with van der Waals surface area (Å²) in [7, 11) is 2.86. The summed E-state index contributed by atoms with van der Waals surface area (Å²) in [5.74, 6) is 1.41. The first kappa shape index (κ1) is 17.4. The number of ether oxygens (including phenoxy) is 3. The second kappa shape index (κ2) is 7.63. The van der Waals surface area contributed by atoms with Crippen LogP contribution < -0.4 is 9.47 Å². The Morgan fingerprint density at radius 2 is 2.00 bits per heavy atom. The molecule has 1 fully saturated rings. The minimum atomic E-state index is -0.514. The van der Waals surface area contributed by atoms with Gasteiger partial charge in [0, 0.05) is 20.0 Å². The van der Waals surface area contributed by atoms with Crippen LogP contribution in [0.4, 0.5) is 4.79 Å². The highest BCUT2D eigenvalue weighted by atomic mass is 16.5. The molecule has 136 valence electrons.